The number of nitrogens with two attached hydrogens (primary N) is 1. The van der Waals surface area contributed by atoms with Crippen molar-refractivity contribution in [3.63, 3.8) is 0 Å². The summed E-state index contributed by atoms with van der Waals surface area (Å²) in [6, 6.07) is 9.98. The highest BCUT2D eigenvalue weighted by Crippen LogP contribution is 2.34. The largest absolute Gasteiger partial charge is 0.383 e. The lowest BCUT2D eigenvalue weighted by Gasteiger charge is -2.09. The zero-order chi connectivity index (χ0) is 19.0. The Morgan fingerprint density at radius 3 is 2.63 bits per heavy atom. The molecule has 0 aliphatic heterocycles. The zero-order valence-corrected chi connectivity index (χ0v) is 15.8. The Kier molecular flexibility index (Phi) is 4.49. The van der Waals surface area contributed by atoms with Crippen molar-refractivity contribution in [2.24, 2.45) is 5.92 Å². The van der Waals surface area contributed by atoms with Crippen LogP contribution in [-0.2, 0) is 0 Å². The minimum absolute atomic E-state index is 0.312. The molecule has 0 amide bonds. The van der Waals surface area contributed by atoms with E-state index in [9.17, 15) is 4.39 Å². The summed E-state index contributed by atoms with van der Waals surface area (Å²) in [6.45, 7) is 4.99. The van der Waals surface area contributed by atoms with E-state index in [1.54, 1.807) is 28.2 Å². The average Bonchev–Trinajstić information content (AvgIpc) is 3.29. The number of aromatic nitrogens is 4. The first-order valence-electron chi connectivity index (χ1n) is 8.63. The molecular weight excluding hydrogens is 363 g/mol. The average molecular weight is 382 g/mol. The van der Waals surface area contributed by atoms with Crippen LogP contribution in [0.15, 0.2) is 41.8 Å². The van der Waals surface area contributed by atoms with Crippen molar-refractivity contribution in [1.29, 1.82) is 0 Å². The summed E-state index contributed by atoms with van der Waals surface area (Å²) in [5.41, 5.74) is 8.31. The normalized spacial score (nSPS) is 11.4. The third-order valence-corrected chi connectivity index (χ3v) is 4.94. The Hall–Kier alpha value is -3.00. The Morgan fingerprint density at radius 2 is 1.96 bits per heavy atom. The number of rotatable bonds is 5. The minimum Gasteiger partial charge on any atom is -0.383 e. The van der Waals surface area contributed by atoms with Crippen molar-refractivity contribution in [2.75, 3.05) is 17.6 Å². The smallest absolute Gasteiger partial charge is 0.225 e. The second-order valence-electron chi connectivity index (χ2n) is 6.62. The van der Waals surface area contributed by atoms with E-state index in [-0.39, 0.29) is 5.82 Å². The van der Waals surface area contributed by atoms with Gasteiger partial charge >= 0.3 is 0 Å². The maximum Gasteiger partial charge on any atom is 0.225 e. The molecule has 6 nitrogen and oxygen atoms in total. The predicted octanol–water partition coefficient (Wildman–Crippen LogP) is 4.33. The van der Waals surface area contributed by atoms with Crippen LogP contribution in [0, 0.1) is 11.7 Å². The van der Waals surface area contributed by atoms with Gasteiger partial charge in [-0.15, -0.1) is 16.4 Å². The topological polar surface area (TPSA) is 81.6 Å². The lowest BCUT2D eigenvalue weighted by atomic mass is 10.2. The molecule has 0 saturated carbocycles. The van der Waals surface area contributed by atoms with E-state index in [0.29, 0.717) is 34.4 Å². The molecule has 138 valence electrons. The Balaban J connectivity index is 1.90. The van der Waals surface area contributed by atoms with Gasteiger partial charge in [0.15, 0.2) is 5.65 Å². The lowest BCUT2D eigenvalue weighted by molar-refractivity contribution is 0.627. The summed E-state index contributed by atoms with van der Waals surface area (Å²) in [5.74, 6) is 1.09. The van der Waals surface area contributed by atoms with Gasteiger partial charge in [-0.2, -0.15) is 4.98 Å². The number of benzene rings is 1. The van der Waals surface area contributed by atoms with Crippen molar-refractivity contribution in [2.45, 2.75) is 13.8 Å². The van der Waals surface area contributed by atoms with Crippen molar-refractivity contribution >= 4 is 34.1 Å². The van der Waals surface area contributed by atoms with Gasteiger partial charge in [-0.05, 0) is 41.6 Å². The Labute approximate surface area is 159 Å². The standard InChI is InChI=1S/C19H19FN6S/c1-11(2)10-22-19-23-16(14-4-3-9-27-14)15-17(21)26(25-18(15)24-19)13-7-5-12(20)6-8-13/h3-9,11H,10,21H2,1-2H3,(H,22,24,25). The molecule has 0 unspecified atom stereocenters. The molecule has 0 aliphatic rings. The van der Waals surface area contributed by atoms with Gasteiger partial charge in [-0.3, -0.25) is 0 Å². The number of halogens is 1. The van der Waals surface area contributed by atoms with Crippen LogP contribution in [0.25, 0.3) is 27.3 Å². The minimum atomic E-state index is -0.312. The van der Waals surface area contributed by atoms with Gasteiger partial charge in [0.05, 0.1) is 21.6 Å². The molecule has 0 bridgehead atoms. The fourth-order valence-electron chi connectivity index (χ4n) is 2.76. The van der Waals surface area contributed by atoms with E-state index in [1.165, 1.54) is 12.1 Å². The molecule has 1 aromatic carbocycles. The van der Waals surface area contributed by atoms with E-state index in [0.717, 1.165) is 17.1 Å². The van der Waals surface area contributed by atoms with E-state index >= 15 is 0 Å². The summed E-state index contributed by atoms with van der Waals surface area (Å²) in [5, 5.41) is 10.5. The molecule has 0 atom stereocenters. The highest BCUT2D eigenvalue weighted by Gasteiger charge is 2.19. The molecule has 0 spiro atoms. The molecule has 3 aromatic heterocycles. The van der Waals surface area contributed by atoms with Gasteiger partial charge in [-0.1, -0.05) is 19.9 Å². The van der Waals surface area contributed by atoms with Crippen molar-refractivity contribution in [3.05, 3.63) is 47.6 Å². The molecule has 0 radical (unpaired) electrons. The summed E-state index contributed by atoms with van der Waals surface area (Å²) in [7, 11) is 0. The van der Waals surface area contributed by atoms with Crippen molar-refractivity contribution < 1.29 is 4.39 Å². The molecule has 0 aliphatic carbocycles. The highest BCUT2D eigenvalue weighted by atomic mass is 32.1. The maximum atomic E-state index is 13.3. The van der Waals surface area contributed by atoms with Crippen molar-refractivity contribution in [1.82, 2.24) is 19.7 Å². The molecule has 0 fully saturated rings. The fourth-order valence-corrected chi connectivity index (χ4v) is 3.48. The summed E-state index contributed by atoms with van der Waals surface area (Å²) in [4.78, 5) is 10.2. The van der Waals surface area contributed by atoms with Crippen LogP contribution in [-0.4, -0.2) is 26.3 Å². The Bertz CT molecular complexity index is 1070. The molecule has 4 rings (SSSR count). The van der Waals surface area contributed by atoms with Gasteiger partial charge in [0, 0.05) is 6.54 Å². The molecule has 0 saturated heterocycles. The van der Waals surface area contributed by atoms with Gasteiger partial charge in [-0.25, -0.2) is 14.1 Å². The zero-order valence-electron chi connectivity index (χ0n) is 15.0. The Morgan fingerprint density at radius 1 is 1.19 bits per heavy atom. The van der Waals surface area contributed by atoms with Crippen LogP contribution in [0.2, 0.25) is 0 Å². The van der Waals surface area contributed by atoms with E-state index in [1.807, 2.05) is 17.5 Å². The van der Waals surface area contributed by atoms with Crippen LogP contribution in [0.5, 0.6) is 0 Å². The van der Waals surface area contributed by atoms with Crippen LogP contribution >= 0.6 is 11.3 Å². The second kappa shape index (κ2) is 6.96. The number of hydrogen-bond donors (Lipinski definition) is 2. The van der Waals surface area contributed by atoms with Crippen LogP contribution in [0.3, 0.4) is 0 Å². The number of nitrogens with one attached hydrogen (secondary N) is 1. The number of nitrogens with zero attached hydrogens (tertiary/aromatic N) is 4. The van der Waals surface area contributed by atoms with E-state index in [4.69, 9.17) is 10.7 Å². The van der Waals surface area contributed by atoms with Crippen LogP contribution in [0.4, 0.5) is 16.2 Å². The van der Waals surface area contributed by atoms with Gasteiger partial charge in [0.1, 0.15) is 11.6 Å². The molecular formula is C19H19FN6S. The molecule has 27 heavy (non-hydrogen) atoms. The van der Waals surface area contributed by atoms with Gasteiger partial charge in [0.2, 0.25) is 5.95 Å². The molecule has 8 heteroatoms. The number of nitrogen functional groups attached to an aromatic ring is 1. The van der Waals surface area contributed by atoms with Gasteiger partial charge in [0.25, 0.3) is 0 Å². The third kappa shape index (κ3) is 3.35. The SMILES string of the molecule is CC(C)CNc1nc(-c2cccs2)c2c(N)n(-c3ccc(F)cc3)nc2n1. The monoisotopic (exact) mass is 382 g/mol. The lowest BCUT2D eigenvalue weighted by Crippen LogP contribution is -2.11. The number of anilines is 2. The van der Waals surface area contributed by atoms with Crippen molar-refractivity contribution in [3.8, 4) is 16.3 Å². The predicted molar refractivity (Wildman–Crippen MR) is 108 cm³/mol. The maximum absolute atomic E-state index is 13.3. The first kappa shape index (κ1) is 17.4. The quantitative estimate of drug-likeness (QED) is 0.537. The van der Waals surface area contributed by atoms with Gasteiger partial charge < -0.3 is 11.1 Å². The van der Waals surface area contributed by atoms with Crippen LogP contribution in [0.1, 0.15) is 13.8 Å². The fraction of sp³-hybridized carbons (Fsp3) is 0.211. The van der Waals surface area contributed by atoms with E-state index < -0.39 is 0 Å². The first-order valence-corrected chi connectivity index (χ1v) is 9.51. The summed E-state index contributed by atoms with van der Waals surface area (Å²) >= 11 is 1.58. The highest BCUT2D eigenvalue weighted by molar-refractivity contribution is 7.13. The number of hydrogen-bond acceptors (Lipinski definition) is 6. The van der Waals surface area contributed by atoms with E-state index in [2.05, 4.69) is 29.2 Å². The second-order valence-corrected chi connectivity index (χ2v) is 7.57. The third-order valence-electron chi connectivity index (χ3n) is 4.06. The molecule has 3 N–H and O–H groups in total. The molecule has 3 heterocycles. The summed E-state index contributed by atoms with van der Waals surface area (Å²) < 4.78 is 14.8. The van der Waals surface area contributed by atoms with Crippen LogP contribution < -0.4 is 11.1 Å². The molecule has 4 aromatic rings. The first-order chi connectivity index (χ1) is 13.0. The summed E-state index contributed by atoms with van der Waals surface area (Å²) in [6.07, 6.45) is 0. The number of thiophene rings is 1. The number of fused-ring (bicyclic) bond motifs is 1.